The predicted octanol–water partition coefficient (Wildman–Crippen LogP) is 9.61. The van der Waals surface area contributed by atoms with Crippen molar-refractivity contribution in [1.29, 1.82) is 5.26 Å². The molecule has 0 radical (unpaired) electrons. The first kappa shape index (κ1) is 45.8. The number of carbonyl (C=O) groups excluding carboxylic acids is 2. The molecule has 1 aromatic heterocycles. The molecule has 2 fully saturated rings. The lowest BCUT2D eigenvalue weighted by molar-refractivity contribution is -0.348. The lowest BCUT2D eigenvalue weighted by atomic mass is 9.93. The van der Waals surface area contributed by atoms with Crippen molar-refractivity contribution in [2.45, 2.75) is 80.7 Å². The van der Waals surface area contributed by atoms with Gasteiger partial charge in [0.25, 0.3) is 5.91 Å². The third kappa shape index (κ3) is 10.2. The summed E-state index contributed by atoms with van der Waals surface area (Å²) in [6.45, 7) is -0.690. The van der Waals surface area contributed by atoms with E-state index in [2.05, 4.69) is 9.84 Å². The van der Waals surface area contributed by atoms with E-state index < -0.39 is 88.9 Å². The van der Waals surface area contributed by atoms with Crippen LogP contribution in [0.3, 0.4) is 0 Å². The number of aliphatic carboxylic acids is 1. The van der Waals surface area contributed by atoms with Crippen LogP contribution in [0.15, 0.2) is 54.9 Å². The number of alkyl halides is 10. The van der Waals surface area contributed by atoms with Gasteiger partial charge in [-0.15, -0.1) is 13.2 Å². The maximum absolute atomic E-state index is 14.9. The molecule has 1 heterocycles. The summed E-state index contributed by atoms with van der Waals surface area (Å²) in [5, 5.41) is 20.9. The number of carbonyl (C=O) groups is 3. The van der Waals surface area contributed by atoms with Crippen LogP contribution in [0.1, 0.15) is 54.4 Å². The molecule has 2 aliphatic rings. The second-order valence-electron chi connectivity index (χ2n) is 13.4. The number of nitriles is 1. The summed E-state index contributed by atoms with van der Waals surface area (Å²) < 4.78 is 156. The molecule has 12 nitrogen and oxygen atoms in total. The average Bonchev–Trinajstić information content (AvgIpc) is 3.79. The number of carboxylic acids is 1. The van der Waals surface area contributed by atoms with Crippen molar-refractivity contribution in [2.75, 3.05) is 13.3 Å². The number of aromatic nitrogens is 2. The summed E-state index contributed by atoms with van der Waals surface area (Å²) in [6, 6.07) is 5.02. The summed E-state index contributed by atoms with van der Waals surface area (Å²) in [4.78, 5) is 38.1. The van der Waals surface area contributed by atoms with Gasteiger partial charge in [0.2, 0.25) is 0 Å². The maximum atomic E-state index is 14.9. The molecule has 0 saturated heterocycles. The van der Waals surface area contributed by atoms with Crippen LogP contribution < -0.4 is 4.74 Å². The third-order valence-electron chi connectivity index (χ3n) is 9.35. The molecule has 0 aliphatic heterocycles. The van der Waals surface area contributed by atoms with Crippen molar-refractivity contribution in [1.82, 2.24) is 14.7 Å². The van der Waals surface area contributed by atoms with E-state index in [0.29, 0.717) is 30.4 Å². The Bertz CT molecular complexity index is 2160. The zero-order valence-electron chi connectivity index (χ0n) is 30.1. The lowest BCUT2D eigenvalue weighted by Crippen LogP contribution is -2.50. The molecule has 60 heavy (non-hydrogen) atoms. The molecule has 24 heteroatoms. The first-order chi connectivity index (χ1) is 27.9. The molecule has 3 aromatic rings. The molecule has 0 bridgehead atoms. The van der Waals surface area contributed by atoms with Crippen LogP contribution in [-0.2, 0) is 24.7 Å². The fourth-order valence-corrected chi connectivity index (χ4v) is 6.67. The summed E-state index contributed by atoms with van der Waals surface area (Å²) in [5.74, 6) is -3.82. The molecule has 1 amide bonds. The Morgan fingerprint density at radius 1 is 0.933 bits per heavy atom. The molecule has 1 N–H and O–H groups in total. The first-order valence-electron chi connectivity index (χ1n) is 17.2. The smallest absolute Gasteiger partial charge is 0.478 e. The van der Waals surface area contributed by atoms with Crippen LogP contribution in [-0.4, -0.2) is 87.6 Å². The number of nitrogens with zero attached hydrogens (tertiary/aromatic N) is 4. The second-order valence-corrected chi connectivity index (χ2v) is 14.2. The van der Waals surface area contributed by atoms with Gasteiger partial charge in [-0.3, -0.25) is 9.69 Å². The number of hydrogen-bond acceptors (Lipinski definition) is 9. The first-order valence-corrected chi connectivity index (χ1v) is 18.0. The van der Waals surface area contributed by atoms with E-state index >= 15 is 0 Å². The number of carboxylic acid groups (broad SMARTS) is 1. The van der Waals surface area contributed by atoms with Crippen LogP contribution in [0.25, 0.3) is 16.8 Å². The Morgan fingerprint density at radius 3 is 2.13 bits per heavy atom. The van der Waals surface area contributed by atoms with E-state index in [1.54, 1.807) is 0 Å². The van der Waals surface area contributed by atoms with Crippen molar-refractivity contribution in [3.05, 3.63) is 76.0 Å². The minimum Gasteiger partial charge on any atom is -0.478 e. The third-order valence-corrected chi connectivity index (χ3v) is 9.97. The molecule has 2 aliphatic carbocycles. The summed E-state index contributed by atoms with van der Waals surface area (Å²) in [5.41, 5.74) is -11.3. The standard InChI is InChI=1S/C36H28Cl2F10N4O8/c37-25-8-3-19(20-15-50-52(16-20)29-26(38)13-21(14-27(29)60-36(46,47)48)33(39,34(40,41)42)35(43,44)45)12-24(25)30(55)51(32(17-49)9-10-32)18-58-31(56)59-23-6-4-22(5-7-23)57-11-1-2-28(53)54/h1-3,8,12-16,22-23H,4-7,9-11,18H2,(H,53,54)/b2-1+. The van der Waals surface area contributed by atoms with Gasteiger partial charge in [-0.1, -0.05) is 35.3 Å². The van der Waals surface area contributed by atoms with Gasteiger partial charge in [0, 0.05) is 23.4 Å². The quantitative estimate of drug-likeness (QED) is 0.0760. The molecular formula is C36H28Cl2F10N4O8. The molecule has 2 saturated carbocycles. The highest BCUT2D eigenvalue weighted by atomic mass is 35.5. The van der Waals surface area contributed by atoms with Crippen molar-refractivity contribution < 1.29 is 82.3 Å². The lowest BCUT2D eigenvalue weighted by Gasteiger charge is -2.31. The van der Waals surface area contributed by atoms with E-state index in [1.807, 2.05) is 6.07 Å². The Kier molecular flexibility index (Phi) is 13.3. The van der Waals surface area contributed by atoms with Gasteiger partial charge < -0.3 is 24.1 Å². The van der Waals surface area contributed by atoms with Crippen LogP contribution in [0.2, 0.25) is 10.0 Å². The SMILES string of the molecule is N#CC1(N(COC(=O)OC2CCC(OC/C=C/C(=O)O)CC2)C(=O)c2cc(-c3cnn(-c4c(Cl)cc(C(F)(C(F)(F)F)C(F)(F)F)cc4OC(F)(F)F)c3)ccc2Cl)CC1. The Hall–Kier alpha value is -5.27. The van der Waals surface area contributed by atoms with Crippen LogP contribution in [0, 0.1) is 11.3 Å². The highest BCUT2D eigenvalue weighted by Crippen LogP contribution is 2.55. The average molecular weight is 906 g/mol. The second kappa shape index (κ2) is 17.4. The number of halogens is 12. The molecule has 5 rings (SSSR count). The van der Waals surface area contributed by atoms with Gasteiger partial charge in [0.1, 0.15) is 17.3 Å². The van der Waals surface area contributed by atoms with E-state index in [1.165, 1.54) is 18.2 Å². The van der Waals surface area contributed by atoms with Crippen molar-refractivity contribution in [2.24, 2.45) is 0 Å². The van der Waals surface area contributed by atoms with Gasteiger partial charge >= 0.3 is 36.5 Å². The van der Waals surface area contributed by atoms with Gasteiger partial charge in [0.05, 0.1) is 40.6 Å². The summed E-state index contributed by atoms with van der Waals surface area (Å²) in [7, 11) is 0. The van der Waals surface area contributed by atoms with E-state index in [0.717, 1.165) is 29.4 Å². The highest BCUT2D eigenvalue weighted by Gasteiger charge is 2.73. The van der Waals surface area contributed by atoms with Gasteiger partial charge in [0.15, 0.2) is 12.5 Å². The Labute approximate surface area is 341 Å². The van der Waals surface area contributed by atoms with E-state index in [-0.39, 0.29) is 53.3 Å². The van der Waals surface area contributed by atoms with Crippen molar-refractivity contribution in [3.63, 3.8) is 0 Å². The number of benzene rings is 2. The minimum absolute atomic E-state index is 0.0473. The van der Waals surface area contributed by atoms with Crippen LogP contribution in [0.4, 0.5) is 48.7 Å². The fourth-order valence-electron chi connectivity index (χ4n) is 6.18. The Balaban J connectivity index is 1.36. The van der Waals surface area contributed by atoms with Gasteiger partial charge in [-0.05, 0) is 68.4 Å². The number of ether oxygens (including phenoxy) is 4. The minimum atomic E-state index is -6.70. The monoisotopic (exact) mass is 904 g/mol. The number of amides is 1. The zero-order valence-corrected chi connectivity index (χ0v) is 31.6. The maximum Gasteiger partial charge on any atom is 0.573 e. The van der Waals surface area contributed by atoms with E-state index in [4.69, 9.17) is 42.5 Å². The zero-order chi connectivity index (χ0) is 44.4. The molecule has 0 unspecified atom stereocenters. The predicted molar refractivity (Wildman–Crippen MR) is 186 cm³/mol. The number of rotatable bonds is 13. The normalized spacial score (nSPS) is 18.1. The van der Waals surface area contributed by atoms with Crippen molar-refractivity contribution in [3.8, 4) is 28.6 Å². The van der Waals surface area contributed by atoms with Gasteiger partial charge in [-0.2, -0.15) is 36.7 Å². The van der Waals surface area contributed by atoms with Gasteiger partial charge in [-0.25, -0.2) is 18.7 Å². The van der Waals surface area contributed by atoms with Crippen molar-refractivity contribution >= 4 is 41.2 Å². The molecule has 2 aromatic carbocycles. The fraction of sp³-hybridized carbons (Fsp3) is 0.417. The Morgan fingerprint density at radius 2 is 1.57 bits per heavy atom. The summed E-state index contributed by atoms with van der Waals surface area (Å²) >= 11 is 12.3. The van der Waals surface area contributed by atoms with Crippen LogP contribution >= 0.6 is 23.2 Å². The van der Waals surface area contributed by atoms with E-state index in [9.17, 15) is 63.5 Å². The molecule has 0 atom stereocenters. The largest absolute Gasteiger partial charge is 0.573 e. The summed E-state index contributed by atoms with van der Waals surface area (Å²) in [6.07, 6.45) is -14.8. The topological polar surface area (TPSA) is 153 Å². The highest BCUT2D eigenvalue weighted by molar-refractivity contribution is 6.34. The number of hydrogen-bond donors (Lipinski definition) is 1. The molecule has 0 spiro atoms. The van der Waals surface area contributed by atoms with Crippen LogP contribution in [0.5, 0.6) is 5.75 Å². The molecule has 324 valence electrons. The molecular weight excluding hydrogens is 877 g/mol.